The van der Waals surface area contributed by atoms with Crippen molar-refractivity contribution in [3.63, 3.8) is 0 Å². The van der Waals surface area contributed by atoms with Gasteiger partial charge >= 0.3 is 11.9 Å². The molecular weight excluding hydrogens is 603 g/mol. The number of carboxylic acid groups (broad SMARTS) is 1. The molecular formula is C22H15Cl6NO5S. The SMILES string of the molecule is COC(=O)c1c(-c2ccc(C)cc2)csc1NC(=O)C1C(C(=O)O)C2(Cl)C(Cl)=C(Cl)C1(Cl)C2(Cl)Cl. The van der Waals surface area contributed by atoms with Gasteiger partial charge in [-0.15, -0.1) is 34.5 Å². The number of methoxy groups -OCH3 is 1. The Morgan fingerprint density at radius 3 is 2.06 bits per heavy atom. The van der Waals surface area contributed by atoms with Crippen LogP contribution >= 0.6 is 80.9 Å². The van der Waals surface area contributed by atoms with Crippen LogP contribution in [0.1, 0.15) is 15.9 Å². The Balaban J connectivity index is 1.80. The van der Waals surface area contributed by atoms with Crippen LogP contribution < -0.4 is 5.32 Å². The number of hydrogen-bond donors (Lipinski definition) is 2. The number of fused-ring (bicyclic) bond motifs is 2. The monoisotopic (exact) mass is 615 g/mol. The second kappa shape index (κ2) is 8.98. The molecule has 1 heterocycles. The lowest BCUT2D eigenvalue weighted by Crippen LogP contribution is -2.47. The number of allylic oxidation sites excluding steroid dienone is 2. The number of carbonyl (C=O) groups excluding carboxylic acids is 2. The van der Waals surface area contributed by atoms with Gasteiger partial charge < -0.3 is 15.2 Å². The van der Waals surface area contributed by atoms with Gasteiger partial charge in [0.15, 0.2) is 4.33 Å². The first-order valence-electron chi connectivity index (χ1n) is 9.87. The summed E-state index contributed by atoms with van der Waals surface area (Å²) in [5.74, 6) is -6.50. The van der Waals surface area contributed by atoms with Crippen LogP contribution in [0.25, 0.3) is 11.1 Å². The first-order valence-corrected chi connectivity index (χ1v) is 13.0. The molecule has 35 heavy (non-hydrogen) atoms. The fraction of sp³-hybridized carbons (Fsp3) is 0.318. The maximum atomic E-state index is 13.6. The van der Waals surface area contributed by atoms with Crippen molar-refractivity contribution in [1.82, 2.24) is 0 Å². The molecule has 4 rings (SSSR count). The fourth-order valence-electron chi connectivity index (χ4n) is 4.52. The number of amides is 1. The predicted molar refractivity (Wildman–Crippen MR) is 139 cm³/mol. The number of ether oxygens (including phenoxy) is 1. The molecule has 0 spiro atoms. The number of nitrogens with one attached hydrogen (secondary N) is 1. The summed E-state index contributed by atoms with van der Waals surface area (Å²) < 4.78 is 2.68. The lowest BCUT2D eigenvalue weighted by atomic mass is 9.81. The summed E-state index contributed by atoms with van der Waals surface area (Å²) in [5, 5.41) is 13.6. The van der Waals surface area contributed by atoms with Gasteiger partial charge in [0.05, 0.1) is 29.0 Å². The smallest absolute Gasteiger partial charge is 0.341 e. The molecule has 1 aromatic heterocycles. The van der Waals surface area contributed by atoms with Crippen molar-refractivity contribution < 1.29 is 24.2 Å². The number of alkyl halides is 4. The number of esters is 1. The average Bonchev–Trinajstić information content (AvgIpc) is 3.30. The Bertz CT molecular complexity index is 1290. The van der Waals surface area contributed by atoms with Gasteiger partial charge in [-0.3, -0.25) is 9.59 Å². The number of carboxylic acids is 1. The Morgan fingerprint density at radius 2 is 1.54 bits per heavy atom. The van der Waals surface area contributed by atoms with E-state index in [0.29, 0.717) is 11.1 Å². The molecule has 2 bridgehead atoms. The lowest BCUT2D eigenvalue weighted by molar-refractivity contribution is -0.146. The molecule has 186 valence electrons. The van der Waals surface area contributed by atoms with Crippen molar-refractivity contribution in [1.29, 1.82) is 0 Å². The van der Waals surface area contributed by atoms with Gasteiger partial charge in [0.25, 0.3) is 0 Å². The van der Waals surface area contributed by atoms with E-state index in [-0.39, 0.29) is 20.6 Å². The van der Waals surface area contributed by atoms with Gasteiger partial charge in [0.2, 0.25) is 5.91 Å². The molecule has 1 aromatic carbocycles. The second-order valence-corrected chi connectivity index (χ2v) is 12.3. The molecule has 2 N–H and O–H groups in total. The van der Waals surface area contributed by atoms with E-state index in [0.717, 1.165) is 16.9 Å². The minimum Gasteiger partial charge on any atom is -0.481 e. The number of rotatable bonds is 5. The summed E-state index contributed by atoms with van der Waals surface area (Å²) in [6.07, 6.45) is 0. The molecule has 1 amide bonds. The third kappa shape index (κ3) is 3.54. The van der Waals surface area contributed by atoms with Crippen molar-refractivity contribution >= 4 is 104 Å². The van der Waals surface area contributed by atoms with Crippen molar-refractivity contribution in [2.24, 2.45) is 11.8 Å². The zero-order valence-electron chi connectivity index (χ0n) is 17.8. The highest BCUT2D eigenvalue weighted by Gasteiger charge is 2.85. The number of aryl methyl sites for hydroxylation is 1. The molecule has 0 radical (unpaired) electrons. The summed E-state index contributed by atoms with van der Waals surface area (Å²) >= 11 is 39.8. The van der Waals surface area contributed by atoms with Crippen LogP contribution in [0.4, 0.5) is 5.00 Å². The molecule has 2 aromatic rings. The average molecular weight is 618 g/mol. The number of hydrogen-bond acceptors (Lipinski definition) is 5. The van der Waals surface area contributed by atoms with E-state index in [1.54, 1.807) is 5.38 Å². The van der Waals surface area contributed by atoms with Crippen LogP contribution in [0, 0.1) is 18.8 Å². The maximum absolute atomic E-state index is 13.6. The maximum Gasteiger partial charge on any atom is 0.341 e. The summed E-state index contributed by atoms with van der Waals surface area (Å²) in [4.78, 5) is 34.2. The first kappa shape index (κ1) is 26.9. The Hall–Kier alpha value is -1.19. The van der Waals surface area contributed by atoms with Crippen LogP contribution in [0.3, 0.4) is 0 Å². The quantitative estimate of drug-likeness (QED) is 0.291. The number of anilines is 1. The van der Waals surface area contributed by atoms with Gasteiger partial charge in [-0.25, -0.2) is 4.79 Å². The minimum atomic E-state index is -2.24. The Labute approximate surface area is 234 Å². The number of benzene rings is 1. The summed E-state index contributed by atoms with van der Waals surface area (Å²) in [7, 11) is 1.20. The molecule has 4 atom stereocenters. The van der Waals surface area contributed by atoms with Gasteiger partial charge in [0, 0.05) is 10.9 Å². The van der Waals surface area contributed by atoms with Crippen molar-refractivity contribution in [3.8, 4) is 11.1 Å². The van der Waals surface area contributed by atoms with Gasteiger partial charge in [-0.05, 0) is 12.5 Å². The number of halogens is 6. The van der Waals surface area contributed by atoms with Crippen molar-refractivity contribution in [2.45, 2.75) is 21.0 Å². The molecule has 2 aliphatic carbocycles. The van der Waals surface area contributed by atoms with Crippen molar-refractivity contribution in [2.75, 3.05) is 12.4 Å². The van der Waals surface area contributed by atoms with E-state index in [1.165, 1.54) is 7.11 Å². The second-order valence-electron chi connectivity index (χ2n) is 8.12. The molecule has 0 saturated heterocycles. The molecule has 2 aliphatic rings. The van der Waals surface area contributed by atoms with Crippen LogP contribution in [-0.4, -0.2) is 44.1 Å². The number of aliphatic carboxylic acids is 1. The Morgan fingerprint density at radius 1 is 1.00 bits per heavy atom. The largest absolute Gasteiger partial charge is 0.481 e. The molecule has 0 aliphatic heterocycles. The highest BCUT2D eigenvalue weighted by molar-refractivity contribution is 7.15. The highest BCUT2D eigenvalue weighted by Crippen LogP contribution is 2.76. The molecule has 4 unspecified atom stereocenters. The molecule has 1 fully saturated rings. The van der Waals surface area contributed by atoms with Crippen LogP contribution in [-0.2, 0) is 14.3 Å². The normalized spacial score (nSPS) is 28.8. The van der Waals surface area contributed by atoms with Crippen LogP contribution in [0.5, 0.6) is 0 Å². The van der Waals surface area contributed by atoms with E-state index in [1.807, 2.05) is 31.2 Å². The Kier molecular flexibility index (Phi) is 6.89. The third-order valence-electron chi connectivity index (χ3n) is 6.26. The number of thiophene rings is 1. The van der Waals surface area contributed by atoms with Gasteiger partial charge in [0.1, 0.15) is 20.3 Å². The van der Waals surface area contributed by atoms with Crippen LogP contribution in [0.2, 0.25) is 0 Å². The van der Waals surface area contributed by atoms with E-state index in [4.69, 9.17) is 74.3 Å². The van der Waals surface area contributed by atoms with E-state index < -0.39 is 43.8 Å². The standard InChI is InChI=1S/C22H15Cl6NO5S/c1-8-3-5-9(6-4-8)10-7-35-17(11(10)19(33)34-2)29-16(30)12-13(18(31)32)21(26)15(24)14(23)20(12,25)22(21,27)28/h3-7,12-13H,1-2H3,(H,29,30)(H,31,32). The molecule has 1 saturated carbocycles. The summed E-state index contributed by atoms with van der Waals surface area (Å²) in [6, 6.07) is 7.38. The van der Waals surface area contributed by atoms with Gasteiger partial charge in [-0.2, -0.15) is 0 Å². The predicted octanol–water partition coefficient (Wildman–Crippen LogP) is 6.61. The van der Waals surface area contributed by atoms with Crippen molar-refractivity contribution in [3.05, 3.63) is 50.8 Å². The highest BCUT2D eigenvalue weighted by atomic mass is 35.5. The molecule has 13 heteroatoms. The van der Waals surface area contributed by atoms with E-state index >= 15 is 0 Å². The molecule has 6 nitrogen and oxygen atoms in total. The van der Waals surface area contributed by atoms with Crippen LogP contribution in [0.15, 0.2) is 39.7 Å². The lowest BCUT2D eigenvalue weighted by Gasteiger charge is -2.33. The van der Waals surface area contributed by atoms with E-state index in [9.17, 15) is 19.5 Å². The zero-order valence-corrected chi connectivity index (χ0v) is 23.1. The topological polar surface area (TPSA) is 92.7 Å². The minimum absolute atomic E-state index is 0.0802. The third-order valence-corrected chi connectivity index (χ3v) is 11.4. The first-order chi connectivity index (χ1) is 16.2. The zero-order chi connectivity index (χ0) is 26.1. The summed E-state index contributed by atoms with van der Waals surface area (Å²) in [5.41, 5.74) is 2.32. The van der Waals surface area contributed by atoms with Gasteiger partial charge in [-0.1, -0.05) is 76.2 Å². The van der Waals surface area contributed by atoms with E-state index in [2.05, 4.69) is 5.32 Å². The summed E-state index contributed by atoms with van der Waals surface area (Å²) in [6.45, 7) is 1.92. The fourth-order valence-corrected chi connectivity index (χ4v) is 8.41. The number of carbonyl (C=O) groups is 3.